The van der Waals surface area contributed by atoms with Crippen LogP contribution in [0.4, 0.5) is 5.69 Å². The van der Waals surface area contributed by atoms with Crippen LogP contribution in [-0.2, 0) is 10.3 Å². The van der Waals surface area contributed by atoms with Crippen molar-refractivity contribution in [1.82, 2.24) is 4.90 Å². The van der Waals surface area contributed by atoms with E-state index in [1.165, 1.54) is 16.7 Å². The normalized spacial score (nSPS) is 20.9. The van der Waals surface area contributed by atoms with E-state index in [9.17, 15) is 19.5 Å². The molecular formula is C22H17BrN2O5. The number of hydrogen-bond acceptors (Lipinski definition) is 5. The second kappa shape index (κ2) is 6.26. The van der Waals surface area contributed by atoms with Gasteiger partial charge in [-0.25, -0.2) is 0 Å². The van der Waals surface area contributed by atoms with Gasteiger partial charge in [0.25, 0.3) is 11.8 Å². The summed E-state index contributed by atoms with van der Waals surface area (Å²) in [6.45, 7) is 1.40. The number of fused-ring (bicyclic) bond motifs is 5. The lowest BCUT2D eigenvalue weighted by atomic mass is 9.84. The Kier molecular flexibility index (Phi) is 3.97. The fourth-order valence-corrected chi connectivity index (χ4v) is 4.94. The van der Waals surface area contributed by atoms with Crippen molar-refractivity contribution in [2.24, 2.45) is 0 Å². The van der Waals surface area contributed by atoms with Crippen LogP contribution in [-0.4, -0.2) is 41.5 Å². The molecule has 5 rings (SSSR count). The molecule has 0 aliphatic carbocycles. The van der Waals surface area contributed by atoms with Crippen LogP contribution in [0.2, 0.25) is 0 Å². The molecule has 0 fully saturated rings. The van der Waals surface area contributed by atoms with Gasteiger partial charge >= 0.3 is 0 Å². The Balaban J connectivity index is 1.95. The standard InChI is InChI=1S/C22H17BrN2O5/c1-11(26)10-25-20(28)19-17(18(27)13-9-12(23)7-8-16(13)30-19)22(25)14-5-3-4-6-15(14)24(2)21(22)29/h3-9,11,26H,10H2,1-2H3. The maximum absolute atomic E-state index is 13.7. The number of anilines is 1. The first-order chi connectivity index (χ1) is 14.3. The zero-order valence-electron chi connectivity index (χ0n) is 16.2. The molecule has 0 saturated carbocycles. The van der Waals surface area contributed by atoms with Gasteiger partial charge in [0.05, 0.1) is 17.1 Å². The molecule has 2 amide bonds. The quantitative estimate of drug-likeness (QED) is 0.623. The second-order valence-electron chi connectivity index (χ2n) is 7.63. The van der Waals surface area contributed by atoms with Gasteiger partial charge in [-0.15, -0.1) is 0 Å². The van der Waals surface area contributed by atoms with E-state index in [2.05, 4.69) is 15.9 Å². The maximum Gasteiger partial charge on any atom is 0.291 e. The highest BCUT2D eigenvalue weighted by molar-refractivity contribution is 9.10. The minimum absolute atomic E-state index is 0.000509. The van der Waals surface area contributed by atoms with Crippen molar-refractivity contribution >= 4 is 44.4 Å². The molecule has 1 aromatic heterocycles. The minimum atomic E-state index is -1.67. The van der Waals surface area contributed by atoms with Gasteiger partial charge in [0.1, 0.15) is 5.58 Å². The molecule has 3 aromatic rings. The molecule has 2 atom stereocenters. The van der Waals surface area contributed by atoms with Crippen LogP contribution >= 0.6 is 15.9 Å². The van der Waals surface area contributed by atoms with E-state index in [0.29, 0.717) is 15.7 Å². The second-order valence-corrected chi connectivity index (χ2v) is 8.55. The molecule has 8 heteroatoms. The van der Waals surface area contributed by atoms with E-state index in [0.717, 1.165) is 0 Å². The molecule has 2 aliphatic heterocycles. The third-order valence-electron chi connectivity index (χ3n) is 5.77. The number of hydrogen-bond donors (Lipinski definition) is 1. The first-order valence-corrected chi connectivity index (χ1v) is 10.2. The van der Waals surface area contributed by atoms with Gasteiger partial charge in [0, 0.05) is 29.3 Å². The molecule has 2 aromatic carbocycles. The predicted molar refractivity (Wildman–Crippen MR) is 114 cm³/mol. The summed E-state index contributed by atoms with van der Waals surface area (Å²) in [5.74, 6) is -1.18. The Morgan fingerprint density at radius 2 is 1.90 bits per heavy atom. The maximum atomic E-state index is 13.7. The average Bonchev–Trinajstić information content (AvgIpc) is 3.09. The van der Waals surface area contributed by atoms with Crippen LogP contribution in [0, 0.1) is 0 Å². The van der Waals surface area contributed by atoms with Crippen LogP contribution in [0.1, 0.15) is 28.6 Å². The monoisotopic (exact) mass is 468 g/mol. The number of β-amino-alcohol motifs (C(OH)–C–C–N with tert-alkyl or cyclic N) is 1. The third kappa shape index (κ3) is 2.20. The summed E-state index contributed by atoms with van der Waals surface area (Å²) in [5.41, 5.74) is -0.727. The zero-order chi connectivity index (χ0) is 21.4. The van der Waals surface area contributed by atoms with Crippen molar-refractivity contribution in [2.45, 2.75) is 18.6 Å². The van der Waals surface area contributed by atoms with Gasteiger partial charge < -0.3 is 19.3 Å². The fourth-order valence-electron chi connectivity index (χ4n) is 4.58. The first kappa shape index (κ1) is 19.0. The summed E-state index contributed by atoms with van der Waals surface area (Å²) in [6, 6.07) is 12.0. The molecule has 3 heterocycles. The van der Waals surface area contributed by atoms with Gasteiger partial charge in [-0.2, -0.15) is 0 Å². The zero-order valence-corrected chi connectivity index (χ0v) is 17.8. The first-order valence-electron chi connectivity index (χ1n) is 9.43. The SMILES string of the molecule is CC(O)CN1C(=O)c2oc3ccc(Br)cc3c(=O)c2C12C(=O)N(C)c1ccccc12. The summed E-state index contributed by atoms with van der Waals surface area (Å²) in [5, 5.41) is 10.4. The Hall–Kier alpha value is -2.97. The van der Waals surface area contributed by atoms with Crippen molar-refractivity contribution in [1.29, 1.82) is 0 Å². The minimum Gasteiger partial charge on any atom is -0.450 e. The number of aliphatic hydroxyl groups excluding tert-OH is 1. The Morgan fingerprint density at radius 1 is 1.17 bits per heavy atom. The molecule has 30 heavy (non-hydrogen) atoms. The van der Waals surface area contributed by atoms with Gasteiger partial charge in [-0.1, -0.05) is 34.1 Å². The van der Waals surface area contributed by atoms with E-state index in [1.807, 2.05) is 0 Å². The van der Waals surface area contributed by atoms with Crippen LogP contribution in [0.25, 0.3) is 11.0 Å². The average molecular weight is 469 g/mol. The van der Waals surface area contributed by atoms with Crippen LogP contribution in [0.5, 0.6) is 0 Å². The Labute approximate surface area is 179 Å². The number of carbonyl (C=O) groups is 2. The van der Waals surface area contributed by atoms with Gasteiger partial charge in [0.2, 0.25) is 5.76 Å². The Morgan fingerprint density at radius 3 is 2.63 bits per heavy atom. The highest BCUT2D eigenvalue weighted by Crippen LogP contribution is 2.52. The molecular weight excluding hydrogens is 452 g/mol. The number of rotatable bonds is 2. The Bertz CT molecular complexity index is 1310. The topological polar surface area (TPSA) is 91.1 Å². The molecule has 1 spiro atoms. The number of likely N-dealkylation sites (N-methyl/N-ethyl adjacent to an activating group) is 1. The van der Waals surface area contributed by atoms with E-state index < -0.39 is 28.9 Å². The van der Waals surface area contributed by atoms with E-state index in [4.69, 9.17) is 4.42 Å². The molecule has 1 N–H and O–H groups in total. The van der Waals surface area contributed by atoms with Gasteiger partial charge in [-0.3, -0.25) is 14.4 Å². The van der Waals surface area contributed by atoms with Crippen molar-refractivity contribution in [3.63, 3.8) is 0 Å². The summed E-state index contributed by atoms with van der Waals surface area (Å²) in [6.07, 6.45) is -0.912. The van der Waals surface area contributed by atoms with E-state index >= 15 is 0 Å². The van der Waals surface area contributed by atoms with E-state index in [1.54, 1.807) is 49.5 Å². The third-order valence-corrected chi connectivity index (χ3v) is 6.27. The lowest BCUT2D eigenvalue weighted by molar-refractivity contribution is -0.126. The smallest absolute Gasteiger partial charge is 0.291 e. The van der Waals surface area contributed by atoms with Crippen LogP contribution in [0.15, 0.2) is 56.1 Å². The molecule has 2 unspecified atom stereocenters. The summed E-state index contributed by atoms with van der Waals surface area (Å²) < 4.78 is 6.56. The summed E-state index contributed by atoms with van der Waals surface area (Å²) in [4.78, 5) is 43.5. The van der Waals surface area contributed by atoms with Gasteiger partial charge in [-0.05, 0) is 31.2 Å². The fraction of sp³-hybridized carbons (Fsp3) is 0.227. The number of halogens is 1. The highest BCUT2D eigenvalue weighted by Gasteiger charge is 2.64. The molecule has 0 saturated heterocycles. The van der Waals surface area contributed by atoms with Crippen molar-refractivity contribution in [3.05, 3.63) is 74.0 Å². The molecule has 2 aliphatic rings. The summed E-state index contributed by atoms with van der Waals surface area (Å²) in [7, 11) is 1.61. The summed E-state index contributed by atoms with van der Waals surface area (Å²) >= 11 is 3.36. The lowest BCUT2D eigenvalue weighted by Gasteiger charge is -2.34. The van der Waals surface area contributed by atoms with Gasteiger partial charge in [0.15, 0.2) is 11.0 Å². The molecule has 0 bridgehead atoms. The van der Waals surface area contributed by atoms with Crippen molar-refractivity contribution < 1.29 is 19.1 Å². The highest BCUT2D eigenvalue weighted by atomic mass is 79.9. The molecule has 7 nitrogen and oxygen atoms in total. The van der Waals surface area contributed by atoms with Crippen LogP contribution < -0.4 is 10.3 Å². The number of amides is 2. The largest absolute Gasteiger partial charge is 0.450 e. The lowest BCUT2D eigenvalue weighted by Crippen LogP contribution is -2.54. The number of benzene rings is 2. The molecule has 0 radical (unpaired) electrons. The number of aliphatic hydroxyl groups is 1. The predicted octanol–water partition coefficient (Wildman–Crippen LogP) is 2.61. The van der Waals surface area contributed by atoms with Crippen molar-refractivity contribution in [2.75, 3.05) is 18.5 Å². The van der Waals surface area contributed by atoms with Crippen LogP contribution in [0.3, 0.4) is 0 Å². The van der Waals surface area contributed by atoms with E-state index in [-0.39, 0.29) is 28.8 Å². The number of carbonyl (C=O) groups excluding carboxylic acids is 2. The number of para-hydroxylation sites is 1. The number of nitrogens with zero attached hydrogens (tertiary/aromatic N) is 2. The van der Waals surface area contributed by atoms with Crippen molar-refractivity contribution in [3.8, 4) is 0 Å². The molecule has 152 valence electrons.